The summed E-state index contributed by atoms with van der Waals surface area (Å²) in [6, 6.07) is 6.78. The number of rotatable bonds is 8. The Bertz CT molecular complexity index is 1100. The summed E-state index contributed by atoms with van der Waals surface area (Å²) in [5, 5.41) is 4.06. The molecule has 0 bridgehead atoms. The van der Waals surface area contributed by atoms with Gasteiger partial charge in [0.25, 0.3) is 0 Å². The second-order valence-corrected chi connectivity index (χ2v) is 9.08. The predicted molar refractivity (Wildman–Crippen MR) is 125 cm³/mol. The van der Waals surface area contributed by atoms with Crippen LogP contribution >= 0.6 is 11.3 Å². The van der Waals surface area contributed by atoms with Gasteiger partial charge in [0, 0.05) is 23.8 Å². The zero-order chi connectivity index (χ0) is 23.3. The SMILES string of the molecule is CCc1sc(Nc2cc(CN3CCCC3)ccn2)nc1/C=C\Cc1ccnc(C(F)(F)F)c1. The molecule has 4 rings (SSSR count). The molecule has 4 heterocycles. The van der Waals surface area contributed by atoms with Crippen molar-refractivity contribution in [1.29, 1.82) is 0 Å². The van der Waals surface area contributed by atoms with E-state index in [0.29, 0.717) is 12.0 Å². The summed E-state index contributed by atoms with van der Waals surface area (Å²) in [7, 11) is 0. The number of anilines is 2. The largest absolute Gasteiger partial charge is 0.433 e. The van der Waals surface area contributed by atoms with Crippen molar-refractivity contribution in [2.24, 2.45) is 0 Å². The second-order valence-electron chi connectivity index (χ2n) is 7.99. The van der Waals surface area contributed by atoms with E-state index < -0.39 is 11.9 Å². The van der Waals surface area contributed by atoms with Crippen molar-refractivity contribution < 1.29 is 13.2 Å². The van der Waals surface area contributed by atoms with Gasteiger partial charge in [-0.15, -0.1) is 11.3 Å². The third kappa shape index (κ3) is 6.39. The van der Waals surface area contributed by atoms with E-state index in [9.17, 15) is 13.2 Å². The topological polar surface area (TPSA) is 53.9 Å². The molecule has 1 aliphatic heterocycles. The minimum atomic E-state index is -4.44. The average molecular weight is 474 g/mol. The van der Waals surface area contributed by atoms with Crippen LogP contribution in [0.1, 0.15) is 47.2 Å². The van der Waals surface area contributed by atoms with Crippen LogP contribution < -0.4 is 5.32 Å². The third-order valence-electron chi connectivity index (χ3n) is 5.46. The lowest BCUT2D eigenvalue weighted by Crippen LogP contribution is -2.18. The number of likely N-dealkylation sites (tertiary alicyclic amines) is 1. The van der Waals surface area contributed by atoms with Crippen LogP contribution in [0.4, 0.5) is 24.1 Å². The molecule has 9 heteroatoms. The number of halogens is 3. The zero-order valence-corrected chi connectivity index (χ0v) is 19.2. The summed E-state index contributed by atoms with van der Waals surface area (Å²) in [5.41, 5.74) is 1.72. The first-order valence-corrected chi connectivity index (χ1v) is 11.8. The van der Waals surface area contributed by atoms with E-state index in [0.717, 1.165) is 53.6 Å². The molecule has 0 atom stereocenters. The number of aryl methyl sites for hydroxylation is 1. The number of hydrogen-bond acceptors (Lipinski definition) is 6. The quantitative estimate of drug-likeness (QED) is 0.428. The van der Waals surface area contributed by atoms with E-state index >= 15 is 0 Å². The normalized spacial score (nSPS) is 14.9. The third-order valence-corrected chi connectivity index (χ3v) is 6.59. The lowest BCUT2D eigenvalue weighted by atomic mass is 10.1. The van der Waals surface area contributed by atoms with Crippen LogP contribution in [0.15, 0.2) is 42.7 Å². The first kappa shape index (κ1) is 23.4. The van der Waals surface area contributed by atoms with Crippen LogP contribution in [0.3, 0.4) is 0 Å². The molecule has 1 aliphatic rings. The molecule has 0 aliphatic carbocycles. The number of aromatic nitrogens is 3. The van der Waals surface area contributed by atoms with Crippen molar-refractivity contribution in [3.63, 3.8) is 0 Å². The highest BCUT2D eigenvalue weighted by atomic mass is 32.1. The molecule has 0 spiro atoms. The standard InChI is InChI=1S/C24H26F3N5S/c1-2-20-19(7-5-6-17-8-10-28-21(14-17)24(25,26)27)30-23(33-20)31-22-15-18(9-11-29-22)16-32-12-3-4-13-32/h5,7-11,14-15H,2-4,6,12-13,16H2,1H3,(H,29,30,31)/b7-5-. The maximum atomic E-state index is 12.9. The Kier molecular flexibility index (Phi) is 7.39. The molecule has 1 N–H and O–H groups in total. The highest BCUT2D eigenvalue weighted by Crippen LogP contribution is 2.29. The molecule has 3 aromatic heterocycles. The maximum absolute atomic E-state index is 12.9. The number of hydrogen-bond donors (Lipinski definition) is 1. The zero-order valence-electron chi connectivity index (χ0n) is 18.4. The smallest absolute Gasteiger partial charge is 0.316 e. The van der Waals surface area contributed by atoms with E-state index in [1.54, 1.807) is 17.4 Å². The van der Waals surface area contributed by atoms with E-state index in [2.05, 4.69) is 38.2 Å². The molecule has 1 saturated heterocycles. The molecule has 0 amide bonds. The van der Waals surface area contributed by atoms with Crippen LogP contribution in [0, 0.1) is 0 Å². The highest BCUT2D eigenvalue weighted by Gasteiger charge is 2.32. The first-order chi connectivity index (χ1) is 15.9. The molecule has 33 heavy (non-hydrogen) atoms. The Hall–Kier alpha value is -2.78. The van der Waals surface area contributed by atoms with Crippen LogP contribution in [-0.4, -0.2) is 32.9 Å². The Morgan fingerprint density at radius 3 is 2.61 bits per heavy atom. The Morgan fingerprint density at radius 2 is 1.85 bits per heavy atom. The molecule has 174 valence electrons. The van der Waals surface area contributed by atoms with Gasteiger partial charge in [-0.2, -0.15) is 13.2 Å². The van der Waals surface area contributed by atoms with Crippen molar-refractivity contribution in [3.05, 3.63) is 70.1 Å². The van der Waals surface area contributed by atoms with Crippen LogP contribution in [0.2, 0.25) is 0 Å². The van der Waals surface area contributed by atoms with Gasteiger partial charge in [-0.05, 0) is 80.2 Å². The minimum Gasteiger partial charge on any atom is -0.316 e. The number of pyridine rings is 2. The highest BCUT2D eigenvalue weighted by molar-refractivity contribution is 7.15. The molecule has 0 aromatic carbocycles. The molecular formula is C24H26F3N5S. The van der Waals surface area contributed by atoms with Crippen molar-refractivity contribution in [3.8, 4) is 0 Å². The second kappa shape index (κ2) is 10.4. The maximum Gasteiger partial charge on any atom is 0.433 e. The summed E-state index contributed by atoms with van der Waals surface area (Å²) in [6.07, 6.45) is 5.97. The van der Waals surface area contributed by atoms with Gasteiger partial charge in [-0.1, -0.05) is 13.0 Å². The van der Waals surface area contributed by atoms with Gasteiger partial charge >= 0.3 is 6.18 Å². The summed E-state index contributed by atoms with van der Waals surface area (Å²) in [4.78, 5) is 16.1. The molecule has 3 aromatic rings. The van der Waals surface area contributed by atoms with Gasteiger partial charge in [0.1, 0.15) is 11.5 Å². The lowest BCUT2D eigenvalue weighted by molar-refractivity contribution is -0.141. The van der Waals surface area contributed by atoms with Crippen LogP contribution in [-0.2, 0) is 25.6 Å². The van der Waals surface area contributed by atoms with Gasteiger partial charge in [0.05, 0.1) is 5.69 Å². The van der Waals surface area contributed by atoms with Crippen molar-refractivity contribution >= 4 is 28.4 Å². The minimum absolute atomic E-state index is 0.370. The van der Waals surface area contributed by atoms with E-state index in [-0.39, 0.29) is 0 Å². The summed E-state index contributed by atoms with van der Waals surface area (Å²) < 4.78 is 38.6. The number of allylic oxidation sites excluding steroid dienone is 1. The molecule has 5 nitrogen and oxygen atoms in total. The van der Waals surface area contributed by atoms with Crippen LogP contribution in [0.25, 0.3) is 6.08 Å². The van der Waals surface area contributed by atoms with Crippen molar-refractivity contribution in [2.45, 2.75) is 45.3 Å². The van der Waals surface area contributed by atoms with Gasteiger partial charge in [-0.3, -0.25) is 9.88 Å². The summed E-state index contributed by atoms with van der Waals surface area (Å²) >= 11 is 1.56. The van der Waals surface area contributed by atoms with E-state index in [1.165, 1.54) is 24.6 Å². The van der Waals surface area contributed by atoms with Crippen molar-refractivity contribution in [1.82, 2.24) is 19.9 Å². The number of nitrogens with one attached hydrogen (secondary N) is 1. The molecule has 0 saturated carbocycles. The predicted octanol–water partition coefficient (Wildman–Crippen LogP) is 6.11. The van der Waals surface area contributed by atoms with Crippen molar-refractivity contribution in [2.75, 3.05) is 18.4 Å². The Morgan fingerprint density at radius 1 is 1.09 bits per heavy atom. The average Bonchev–Trinajstić information content (AvgIpc) is 3.43. The molecular weight excluding hydrogens is 447 g/mol. The number of thiazole rings is 1. The Balaban J connectivity index is 1.42. The van der Waals surface area contributed by atoms with Gasteiger partial charge in [0.15, 0.2) is 5.13 Å². The van der Waals surface area contributed by atoms with Gasteiger partial charge in [0.2, 0.25) is 0 Å². The van der Waals surface area contributed by atoms with E-state index in [1.807, 2.05) is 24.4 Å². The van der Waals surface area contributed by atoms with Gasteiger partial charge < -0.3 is 5.32 Å². The Labute approximate surface area is 195 Å². The number of nitrogens with zero attached hydrogens (tertiary/aromatic N) is 4. The first-order valence-electron chi connectivity index (χ1n) is 11.0. The summed E-state index contributed by atoms with van der Waals surface area (Å²) in [5.74, 6) is 0.759. The van der Waals surface area contributed by atoms with Crippen LogP contribution in [0.5, 0.6) is 0 Å². The fourth-order valence-corrected chi connectivity index (χ4v) is 4.71. The molecule has 1 fully saturated rings. The fraction of sp³-hybridized carbons (Fsp3) is 0.375. The van der Waals surface area contributed by atoms with Gasteiger partial charge in [-0.25, -0.2) is 9.97 Å². The summed E-state index contributed by atoms with van der Waals surface area (Å²) in [6.45, 7) is 5.27. The number of alkyl halides is 3. The fourth-order valence-electron chi connectivity index (χ4n) is 3.81. The lowest BCUT2D eigenvalue weighted by Gasteiger charge is -2.14. The molecule has 0 unspecified atom stereocenters. The molecule has 0 radical (unpaired) electrons. The van der Waals surface area contributed by atoms with E-state index in [4.69, 9.17) is 0 Å². The monoisotopic (exact) mass is 473 g/mol.